The van der Waals surface area contributed by atoms with E-state index in [0.29, 0.717) is 11.3 Å². The van der Waals surface area contributed by atoms with Crippen molar-refractivity contribution >= 4 is 5.69 Å². The predicted octanol–water partition coefficient (Wildman–Crippen LogP) is 5.51. The molecular formula is C27H34N2O2. The van der Waals surface area contributed by atoms with E-state index in [-0.39, 0.29) is 11.1 Å². The average Bonchev–Trinajstić information content (AvgIpc) is 3.26. The number of ether oxygens (including phenoxy) is 1. The van der Waals surface area contributed by atoms with Gasteiger partial charge in [-0.1, -0.05) is 43.7 Å². The van der Waals surface area contributed by atoms with E-state index in [4.69, 9.17) is 9.57 Å². The van der Waals surface area contributed by atoms with Crippen LogP contribution >= 0.6 is 0 Å². The second kappa shape index (κ2) is 6.49. The molecule has 2 aliphatic heterocycles. The highest BCUT2D eigenvalue weighted by Crippen LogP contribution is 2.68. The van der Waals surface area contributed by atoms with Gasteiger partial charge >= 0.3 is 0 Å². The molecule has 0 N–H and O–H groups in total. The van der Waals surface area contributed by atoms with Crippen LogP contribution < -0.4 is 9.64 Å². The number of rotatable bonds is 3. The summed E-state index contributed by atoms with van der Waals surface area (Å²) in [5, 5.41) is 2.33. The number of fused-ring (bicyclic) bond motifs is 2. The molecule has 164 valence electrons. The molecule has 2 bridgehead atoms. The Labute approximate surface area is 186 Å². The van der Waals surface area contributed by atoms with Crippen LogP contribution in [0.5, 0.6) is 5.75 Å². The van der Waals surface area contributed by atoms with Gasteiger partial charge in [0.2, 0.25) is 0 Å². The van der Waals surface area contributed by atoms with Crippen LogP contribution in [0.3, 0.4) is 0 Å². The second-order valence-corrected chi connectivity index (χ2v) is 11.0. The summed E-state index contributed by atoms with van der Waals surface area (Å²) in [7, 11) is 1.76. The molecular weight excluding hydrogens is 384 g/mol. The minimum Gasteiger partial charge on any atom is -0.497 e. The quantitative estimate of drug-likeness (QED) is 0.656. The van der Waals surface area contributed by atoms with E-state index in [9.17, 15) is 0 Å². The van der Waals surface area contributed by atoms with Crippen molar-refractivity contribution in [2.75, 3.05) is 25.2 Å². The van der Waals surface area contributed by atoms with E-state index in [1.165, 1.54) is 36.1 Å². The minimum atomic E-state index is -0.141. The molecule has 7 rings (SSSR count). The molecule has 2 aromatic rings. The molecule has 0 amide bonds. The lowest BCUT2D eigenvalue weighted by Gasteiger charge is -2.63. The zero-order chi connectivity index (χ0) is 21.4. The van der Waals surface area contributed by atoms with E-state index in [0.717, 1.165) is 31.3 Å². The fourth-order valence-corrected chi connectivity index (χ4v) is 7.23. The zero-order valence-corrected chi connectivity index (χ0v) is 19.2. The molecule has 0 radical (unpaired) electrons. The third-order valence-corrected chi connectivity index (χ3v) is 9.14. The minimum absolute atomic E-state index is 0.0271. The first kappa shape index (κ1) is 19.6. The molecule has 2 heterocycles. The number of anilines is 1. The molecule has 3 aliphatic carbocycles. The van der Waals surface area contributed by atoms with Crippen molar-refractivity contribution < 1.29 is 9.57 Å². The number of methoxy groups -OCH3 is 1. The molecule has 31 heavy (non-hydrogen) atoms. The Morgan fingerprint density at radius 2 is 1.90 bits per heavy atom. The van der Waals surface area contributed by atoms with E-state index in [1.807, 2.05) is 6.07 Å². The van der Waals surface area contributed by atoms with Crippen LogP contribution in [-0.2, 0) is 10.4 Å². The van der Waals surface area contributed by atoms with Gasteiger partial charge in [-0.05, 0) is 73.3 Å². The number of benzene rings is 2. The maximum atomic E-state index is 7.06. The van der Waals surface area contributed by atoms with Gasteiger partial charge in [0, 0.05) is 18.7 Å². The Morgan fingerprint density at radius 3 is 2.61 bits per heavy atom. The first-order valence-electron chi connectivity index (χ1n) is 11.8. The molecule has 0 unspecified atom stereocenters. The van der Waals surface area contributed by atoms with Gasteiger partial charge in [0.15, 0.2) is 0 Å². The smallest absolute Gasteiger partial charge is 0.119 e. The Kier molecular flexibility index (Phi) is 4.11. The fraction of sp³-hybridized carbons (Fsp3) is 0.556. The van der Waals surface area contributed by atoms with Crippen molar-refractivity contribution in [3.05, 3.63) is 59.7 Å². The molecule has 4 nitrogen and oxygen atoms in total. The molecule has 4 heteroatoms. The highest BCUT2D eigenvalue weighted by Gasteiger charge is 2.69. The lowest BCUT2D eigenvalue weighted by atomic mass is 9.43. The van der Waals surface area contributed by atoms with Gasteiger partial charge in [0.25, 0.3) is 0 Å². The van der Waals surface area contributed by atoms with Crippen LogP contribution in [0, 0.1) is 24.2 Å². The van der Waals surface area contributed by atoms with E-state index < -0.39 is 0 Å². The number of hydrogen-bond donors (Lipinski definition) is 0. The zero-order valence-electron chi connectivity index (χ0n) is 19.2. The SMILES string of the molecule is COc1cccc([C@@]23CN(c4ccc(C)cc4)CN2O[C@]2(CC[C@H]4C[C@H]2C4(C)C)C3)c1. The van der Waals surface area contributed by atoms with Crippen LogP contribution in [0.25, 0.3) is 0 Å². The average molecular weight is 419 g/mol. The van der Waals surface area contributed by atoms with Crippen LogP contribution in [0.15, 0.2) is 48.5 Å². The van der Waals surface area contributed by atoms with Gasteiger partial charge in [-0.3, -0.25) is 4.84 Å². The van der Waals surface area contributed by atoms with Gasteiger partial charge in [0.05, 0.1) is 24.9 Å². The Balaban J connectivity index is 1.40. The Hall–Kier alpha value is -2.04. The standard InChI is InChI=1S/C27H34N2O2/c1-19-8-10-22(11-9-19)28-17-26(21-6-5-7-23(14-21)30-4)16-27(31-29(26)18-28)13-12-20-15-24(27)25(20,2)3/h5-11,14,20,24H,12-13,15-18H2,1-4H3/t20-,24-,26+,27+/m0/s1. The number of hydroxylamine groups is 2. The number of aryl methyl sites for hydroxylation is 1. The van der Waals surface area contributed by atoms with E-state index >= 15 is 0 Å². The summed E-state index contributed by atoms with van der Waals surface area (Å²) in [6.45, 7) is 8.83. The van der Waals surface area contributed by atoms with Gasteiger partial charge in [-0.15, -0.1) is 0 Å². The van der Waals surface area contributed by atoms with Crippen LogP contribution in [0.4, 0.5) is 5.69 Å². The third-order valence-electron chi connectivity index (χ3n) is 9.14. The van der Waals surface area contributed by atoms with Crippen LogP contribution in [0.1, 0.15) is 50.7 Å². The molecule has 3 saturated carbocycles. The highest BCUT2D eigenvalue weighted by atomic mass is 16.7. The van der Waals surface area contributed by atoms with Crippen molar-refractivity contribution in [2.45, 2.75) is 57.6 Å². The predicted molar refractivity (Wildman–Crippen MR) is 123 cm³/mol. The largest absolute Gasteiger partial charge is 0.497 e. The van der Waals surface area contributed by atoms with Crippen LogP contribution in [0.2, 0.25) is 0 Å². The van der Waals surface area contributed by atoms with Crippen LogP contribution in [-0.4, -0.2) is 31.0 Å². The van der Waals surface area contributed by atoms with Crippen molar-refractivity contribution in [3.8, 4) is 5.75 Å². The summed E-state index contributed by atoms with van der Waals surface area (Å²) in [6.07, 6.45) is 4.89. The Morgan fingerprint density at radius 1 is 1.10 bits per heavy atom. The Bertz CT molecular complexity index is 1000. The summed E-state index contributed by atoms with van der Waals surface area (Å²) >= 11 is 0. The van der Waals surface area contributed by atoms with E-state index in [2.05, 4.69) is 73.2 Å². The maximum absolute atomic E-state index is 7.06. The lowest BCUT2D eigenvalue weighted by molar-refractivity contribution is -0.285. The summed E-state index contributed by atoms with van der Waals surface area (Å²) < 4.78 is 5.61. The molecule has 1 spiro atoms. The topological polar surface area (TPSA) is 24.9 Å². The van der Waals surface area contributed by atoms with Gasteiger partial charge in [-0.25, -0.2) is 0 Å². The molecule has 5 aliphatic rings. The van der Waals surface area contributed by atoms with Gasteiger partial charge < -0.3 is 9.64 Å². The molecule has 0 aromatic heterocycles. The first-order valence-corrected chi connectivity index (χ1v) is 11.8. The second-order valence-electron chi connectivity index (χ2n) is 11.0. The summed E-state index contributed by atoms with van der Waals surface area (Å²) in [5.41, 5.74) is 4.11. The van der Waals surface area contributed by atoms with Crippen molar-refractivity contribution in [2.24, 2.45) is 17.3 Å². The number of hydrogen-bond acceptors (Lipinski definition) is 4. The summed E-state index contributed by atoms with van der Waals surface area (Å²) in [6, 6.07) is 17.6. The monoisotopic (exact) mass is 418 g/mol. The first-order chi connectivity index (χ1) is 14.9. The van der Waals surface area contributed by atoms with Gasteiger partial charge in [-0.2, -0.15) is 5.06 Å². The molecule has 4 atom stereocenters. The van der Waals surface area contributed by atoms with Crippen molar-refractivity contribution in [1.82, 2.24) is 5.06 Å². The van der Waals surface area contributed by atoms with Crippen molar-refractivity contribution in [1.29, 1.82) is 0 Å². The third kappa shape index (κ3) is 2.67. The summed E-state index contributed by atoms with van der Waals surface area (Å²) in [5.74, 6) is 2.45. The number of nitrogens with zero attached hydrogens (tertiary/aromatic N) is 2. The van der Waals surface area contributed by atoms with Gasteiger partial charge in [0.1, 0.15) is 5.75 Å². The van der Waals surface area contributed by atoms with E-state index in [1.54, 1.807) is 7.11 Å². The van der Waals surface area contributed by atoms with Crippen molar-refractivity contribution in [3.63, 3.8) is 0 Å². The molecule has 5 fully saturated rings. The summed E-state index contributed by atoms with van der Waals surface area (Å²) in [4.78, 5) is 9.53. The molecule has 2 saturated heterocycles. The highest BCUT2D eigenvalue weighted by molar-refractivity contribution is 5.51. The normalized spacial score (nSPS) is 35.8. The lowest BCUT2D eigenvalue weighted by Crippen LogP contribution is -2.62. The fourth-order valence-electron chi connectivity index (χ4n) is 7.23. The molecule has 2 aromatic carbocycles. The maximum Gasteiger partial charge on any atom is 0.119 e.